The zero-order valence-electron chi connectivity index (χ0n) is 14.1. The SMILES string of the molecule is CCOC(=O)c1cc2cccc(F)c2nc1N1CCC(F)(F)C(C)C1. The van der Waals surface area contributed by atoms with Gasteiger partial charge in [-0.05, 0) is 19.1 Å². The van der Waals surface area contributed by atoms with E-state index in [-0.39, 0.29) is 43.0 Å². The Balaban J connectivity index is 2.09. The minimum atomic E-state index is -2.76. The van der Waals surface area contributed by atoms with E-state index in [1.807, 2.05) is 0 Å². The Kier molecular flexibility index (Phi) is 4.58. The highest BCUT2D eigenvalue weighted by Gasteiger charge is 2.42. The molecule has 1 aliphatic heterocycles. The number of esters is 1. The number of carbonyl (C=O) groups excluding carboxylic acids is 1. The van der Waals surface area contributed by atoms with E-state index in [1.165, 1.54) is 25.1 Å². The van der Waals surface area contributed by atoms with Gasteiger partial charge in [-0.1, -0.05) is 19.1 Å². The van der Waals surface area contributed by atoms with E-state index in [1.54, 1.807) is 17.9 Å². The Morgan fingerprint density at radius 2 is 2.20 bits per heavy atom. The minimum Gasteiger partial charge on any atom is -0.462 e. The van der Waals surface area contributed by atoms with Crippen molar-refractivity contribution in [3.63, 3.8) is 0 Å². The number of piperidine rings is 1. The average Bonchev–Trinajstić information content (AvgIpc) is 2.57. The summed E-state index contributed by atoms with van der Waals surface area (Å²) in [6.45, 7) is 3.38. The maximum absolute atomic E-state index is 14.1. The van der Waals surface area contributed by atoms with Crippen LogP contribution in [0.4, 0.5) is 19.0 Å². The van der Waals surface area contributed by atoms with Gasteiger partial charge in [-0.2, -0.15) is 0 Å². The van der Waals surface area contributed by atoms with Gasteiger partial charge in [-0.3, -0.25) is 0 Å². The van der Waals surface area contributed by atoms with E-state index in [4.69, 9.17) is 4.74 Å². The van der Waals surface area contributed by atoms with Gasteiger partial charge in [0.25, 0.3) is 5.92 Å². The first-order valence-electron chi connectivity index (χ1n) is 8.22. The number of rotatable bonds is 3. The number of ether oxygens (including phenoxy) is 1. The first-order valence-corrected chi connectivity index (χ1v) is 8.22. The lowest BCUT2D eigenvalue weighted by atomic mass is 9.95. The number of halogens is 3. The van der Waals surface area contributed by atoms with E-state index in [0.29, 0.717) is 5.39 Å². The van der Waals surface area contributed by atoms with Crippen molar-refractivity contribution in [3.8, 4) is 0 Å². The number of hydrogen-bond donors (Lipinski definition) is 0. The highest BCUT2D eigenvalue weighted by Crippen LogP contribution is 2.36. The summed E-state index contributed by atoms with van der Waals surface area (Å²) in [5.74, 6) is -4.58. The van der Waals surface area contributed by atoms with E-state index in [9.17, 15) is 18.0 Å². The number of fused-ring (bicyclic) bond motifs is 1. The zero-order chi connectivity index (χ0) is 18.2. The van der Waals surface area contributed by atoms with Crippen molar-refractivity contribution in [1.82, 2.24) is 4.98 Å². The van der Waals surface area contributed by atoms with E-state index in [0.717, 1.165) is 0 Å². The quantitative estimate of drug-likeness (QED) is 0.782. The summed E-state index contributed by atoms with van der Waals surface area (Å²) in [7, 11) is 0. The largest absolute Gasteiger partial charge is 0.462 e. The topological polar surface area (TPSA) is 42.4 Å². The van der Waals surface area contributed by atoms with Crippen molar-refractivity contribution in [2.75, 3.05) is 24.6 Å². The molecule has 0 N–H and O–H groups in total. The summed E-state index contributed by atoms with van der Waals surface area (Å²) in [5.41, 5.74) is 0.271. The lowest BCUT2D eigenvalue weighted by Crippen LogP contribution is -2.46. The average molecular weight is 352 g/mol. The summed E-state index contributed by atoms with van der Waals surface area (Å²) >= 11 is 0. The molecule has 134 valence electrons. The molecule has 1 fully saturated rings. The number of pyridine rings is 1. The summed E-state index contributed by atoms with van der Waals surface area (Å²) in [5, 5.41) is 0.460. The molecule has 2 aromatic rings. The van der Waals surface area contributed by atoms with Crippen LogP contribution in [0.5, 0.6) is 0 Å². The van der Waals surface area contributed by atoms with Crippen LogP contribution in [0.15, 0.2) is 24.3 Å². The number of anilines is 1. The third-order valence-corrected chi connectivity index (χ3v) is 4.50. The normalized spacial score (nSPS) is 19.9. The molecule has 1 unspecified atom stereocenters. The second-order valence-electron chi connectivity index (χ2n) is 6.25. The van der Waals surface area contributed by atoms with Crippen LogP contribution in [0.1, 0.15) is 30.6 Å². The van der Waals surface area contributed by atoms with Gasteiger partial charge in [0.2, 0.25) is 0 Å². The minimum absolute atomic E-state index is 0.0341. The van der Waals surface area contributed by atoms with Gasteiger partial charge >= 0.3 is 5.97 Å². The number of alkyl halides is 2. The first-order chi connectivity index (χ1) is 11.8. The second kappa shape index (κ2) is 6.54. The smallest absolute Gasteiger partial charge is 0.341 e. The first kappa shape index (κ1) is 17.5. The second-order valence-corrected chi connectivity index (χ2v) is 6.25. The summed E-state index contributed by atoms with van der Waals surface area (Å²) < 4.78 is 46.7. The van der Waals surface area contributed by atoms with E-state index >= 15 is 0 Å². The highest BCUT2D eigenvalue weighted by molar-refractivity contribution is 5.99. The molecule has 25 heavy (non-hydrogen) atoms. The van der Waals surface area contributed by atoms with Crippen LogP contribution in [0.2, 0.25) is 0 Å². The van der Waals surface area contributed by atoms with Crippen LogP contribution in [0.25, 0.3) is 10.9 Å². The van der Waals surface area contributed by atoms with Gasteiger partial charge < -0.3 is 9.64 Å². The number of benzene rings is 1. The van der Waals surface area contributed by atoms with Crippen LogP contribution >= 0.6 is 0 Å². The molecule has 1 aliphatic rings. The van der Waals surface area contributed by atoms with Crippen LogP contribution in [0.3, 0.4) is 0 Å². The third kappa shape index (κ3) is 3.27. The number of carbonyl (C=O) groups is 1. The van der Waals surface area contributed by atoms with Crippen LogP contribution in [0, 0.1) is 11.7 Å². The van der Waals surface area contributed by atoms with Gasteiger partial charge in [0, 0.05) is 30.8 Å². The molecular formula is C18H19F3N2O2. The highest BCUT2D eigenvalue weighted by atomic mass is 19.3. The molecule has 0 aliphatic carbocycles. The standard InChI is InChI=1S/C18H19F3N2O2/c1-3-25-17(24)13-9-12-5-4-6-14(19)15(12)22-16(13)23-8-7-18(20,21)11(2)10-23/h4-6,9,11H,3,7-8,10H2,1-2H3. The fourth-order valence-corrected chi connectivity index (χ4v) is 3.03. The molecule has 0 bridgehead atoms. The molecule has 1 aromatic carbocycles. The van der Waals surface area contributed by atoms with Crippen molar-refractivity contribution in [2.45, 2.75) is 26.2 Å². The van der Waals surface area contributed by atoms with Gasteiger partial charge in [0.1, 0.15) is 22.7 Å². The van der Waals surface area contributed by atoms with E-state index < -0.39 is 23.6 Å². The predicted molar refractivity (Wildman–Crippen MR) is 88.6 cm³/mol. The lowest BCUT2D eigenvalue weighted by molar-refractivity contribution is -0.0652. The van der Waals surface area contributed by atoms with Gasteiger partial charge in [0.05, 0.1) is 6.61 Å². The van der Waals surface area contributed by atoms with Crippen molar-refractivity contribution in [3.05, 3.63) is 35.6 Å². The molecule has 0 saturated carbocycles. The summed E-state index contributed by atoms with van der Waals surface area (Å²) in [6, 6.07) is 5.95. The van der Waals surface area contributed by atoms with Crippen molar-refractivity contribution in [2.24, 2.45) is 5.92 Å². The maximum Gasteiger partial charge on any atom is 0.341 e. The van der Waals surface area contributed by atoms with Crippen molar-refractivity contribution >= 4 is 22.7 Å². The molecule has 3 rings (SSSR count). The van der Waals surface area contributed by atoms with Gasteiger partial charge in [-0.15, -0.1) is 0 Å². The Hall–Kier alpha value is -2.31. The molecule has 4 nitrogen and oxygen atoms in total. The van der Waals surface area contributed by atoms with Gasteiger partial charge in [0.15, 0.2) is 0 Å². The van der Waals surface area contributed by atoms with Crippen molar-refractivity contribution < 1.29 is 22.7 Å². The molecule has 2 heterocycles. The zero-order valence-corrected chi connectivity index (χ0v) is 14.1. The van der Waals surface area contributed by atoms with Crippen LogP contribution < -0.4 is 4.90 Å². The Morgan fingerprint density at radius 3 is 2.88 bits per heavy atom. The molecule has 1 atom stereocenters. The molecule has 1 aromatic heterocycles. The molecule has 0 spiro atoms. The Labute approximate surface area is 143 Å². The molecule has 0 radical (unpaired) electrons. The number of nitrogens with zero attached hydrogens (tertiary/aromatic N) is 2. The maximum atomic E-state index is 14.1. The Morgan fingerprint density at radius 1 is 1.44 bits per heavy atom. The van der Waals surface area contributed by atoms with Crippen molar-refractivity contribution in [1.29, 1.82) is 0 Å². The Bertz CT molecular complexity index is 810. The number of hydrogen-bond acceptors (Lipinski definition) is 4. The fourth-order valence-electron chi connectivity index (χ4n) is 3.03. The van der Waals surface area contributed by atoms with E-state index in [2.05, 4.69) is 4.98 Å². The lowest BCUT2D eigenvalue weighted by Gasteiger charge is -2.37. The number of para-hydroxylation sites is 1. The third-order valence-electron chi connectivity index (χ3n) is 4.50. The fraction of sp³-hybridized carbons (Fsp3) is 0.444. The number of aromatic nitrogens is 1. The van der Waals surface area contributed by atoms with Gasteiger partial charge in [-0.25, -0.2) is 22.9 Å². The molecule has 0 amide bonds. The molecule has 1 saturated heterocycles. The summed E-state index contributed by atoms with van der Waals surface area (Å²) in [6.07, 6.45) is -0.340. The summed E-state index contributed by atoms with van der Waals surface area (Å²) in [4.78, 5) is 18.2. The van der Waals surface area contributed by atoms with Crippen LogP contribution in [-0.4, -0.2) is 36.6 Å². The molecule has 7 heteroatoms. The predicted octanol–water partition coefficient (Wildman–Crippen LogP) is 4.03. The molecular weight excluding hydrogens is 333 g/mol. The van der Waals surface area contributed by atoms with Crippen LogP contribution in [-0.2, 0) is 4.74 Å². The monoisotopic (exact) mass is 352 g/mol.